The van der Waals surface area contributed by atoms with Crippen molar-refractivity contribution < 1.29 is 23.1 Å². The van der Waals surface area contributed by atoms with Crippen molar-refractivity contribution in [1.82, 2.24) is 25.6 Å². The van der Waals surface area contributed by atoms with Gasteiger partial charge in [0.2, 0.25) is 5.60 Å². The van der Waals surface area contributed by atoms with Gasteiger partial charge in [-0.1, -0.05) is 35.5 Å². The van der Waals surface area contributed by atoms with Crippen LogP contribution in [0.2, 0.25) is 0 Å². The molecule has 0 spiro atoms. The lowest BCUT2D eigenvalue weighted by Crippen LogP contribution is -2.51. The molecule has 1 aliphatic heterocycles. The van der Waals surface area contributed by atoms with Crippen molar-refractivity contribution in [2.24, 2.45) is 0 Å². The second-order valence-corrected chi connectivity index (χ2v) is 6.47. The zero-order chi connectivity index (χ0) is 19.5. The Morgan fingerprint density at radius 3 is 2.50 bits per heavy atom. The van der Waals surface area contributed by atoms with Gasteiger partial charge in [-0.05, 0) is 31.5 Å². The van der Waals surface area contributed by atoms with E-state index in [0.29, 0.717) is 0 Å². The molecule has 7 nitrogen and oxygen atoms in total. The SMILES string of the molecule is Cl.O=C(NCC(O)(c1ccccc1)C(F)(F)F)c1cn(C2CCNCC2)nn1. The Balaban J connectivity index is 0.00000280. The number of aromatic nitrogens is 3. The summed E-state index contributed by atoms with van der Waals surface area (Å²) >= 11 is 0. The lowest BCUT2D eigenvalue weighted by atomic mass is 9.93. The molecule has 1 aromatic heterocycles. The fourth-order valence-corrected chi connectivity index (χ4v) is 3.01. The highest BCUT2D eigenvalue weighted by molar-refractivity contribution is 5.91. The molecule has 1 atom stereocenters. The molecule has 0 radical (unpaired) electrons. The molecule has 1 aliphatic rings. The number of rotatable bonds is 5. The number of amides is 1. The predicted octanol–water partition coefficient (Wildman–Crippen LogP) is 1.80. The van der Waals surface area contributed by atoms with Crippen LogP contribution in [-0.2, 0) is 5.60 Å². The van der Waals surface area contributed by atoms with Crippen LogP contribution >= 0.6 is 12.4 Å². The van der Waals surface area contributed by atoms with E-state index in [9.17, 15) is 23.1 Å². The van der Waals surface area contributed by atoms with E-state index in [0.717, 1.165) is 38.1 Å². The van der Waals surface area contributed by atoms with E-state index < -0.39 is 24.2 Å². The largest absolute Gasteiger partial charge is 0.423 e. The van der Waals surface area contributed by atoms with Gasteiger partial charge in [0.25, 0.3) is 5.91 Å². The number of benzene rings is 1. The van der Waals surface area contributed by atoms with Gasteiger partial charge >= 0.3 is 6.18 Å². The molecule has 1 saturated heterocycles. The lowest BCUT2D eigenvalue weighted by molar-refractivity contribution is -0.263. The van der Waals surface area contributed by atoms with Gasteiger partial charge in [-0.25, -0.2) is 4.68 Å². The van der Waals surface area contributed by atoms with Crippen molar-refractivity contribution in [3.8, 4) is 0 Å². The molecule has 0 bridgehead atoms. The van der Waals surface area contributed by atoms with Crippen LogP contribution in [0.25, 0.3) is 0 Å². The van der Waals surface area contributed by atoms with Gasteiger partial charge in [-0.3, -0.25) is 4.79 Å². The first-order valence-electron chi connectivity index (χ1n) is 8.56. The summed E-state index contributed by atoms with van der Waals surface area (Å²) < 4.78 is 41.9. The smallest absolute Gasteiger partial charge is 0.375 e. The van der Waals surface area contributed by atoms with Gasteiger partial charge in [0.05, 0.1) is 18.8 Å². The molecule has 0 saturated carbocycles. The zero-order valence-electron chi connectivity index (χ0n) is 14.8. The maximum atomic E-state index is 13.5. The van der Waals surface area contributed by atoms with Crippen LogP contribution < -0.4 is 10.6 Å². The van der Waals surface area contributed by atoms with E-state index in [1.165, 1.54) is 24.4 Å². The Morgan fingerprint density at radius 2 is 1.89 bits per heavy atom. The summed E-state index contributed by atoms with van der Waals surface area (Å²) in [7, 11) is 0. The second-order valence-electron chi connectivity index (χ2n) is 6.47. The third kappa shape index (κ3) is 4.62. The molecular weight excluding hydrogens is 399 g/mol. The van der Waals surface area contributed by atoms with Gasteiger partial charge in [-0.2, -0.15) is 13.2 Å². The standard InChI is InChI=1S/C17H20F3N5O2.ClH/c18-17(19,20)16(27,12-4-2-1-3-5-12)11-22-15(26)14-10-25(24-23-14)13-6-8-21-9-7-13;/h1-5,10,13,21,27H,6-9,11H2,(H,22,26);1H. The molecule has 1 fully saturated rings. The number of carbonyl (C=O) groups is 1. The molecule has 2 heterocycles. The van der Waals surface area contributed by atoms with Gasteiger partial charge in [0.1, 0.15) is 0 Å². The third-order valence-corrected chi connectivity index (χ3v) is 4.65. The summed E-state index contributed by atoms with van der Waals surface area (Å²) in [4.78, 5) is 12.2. The number of halogens is 4. The van der Waals surface area contributed by atoms with E-state index in [2.05, 4.69) is 20.9 Å². The van der Waals surface area contributed by atoms with Crippen molar-refractivity contribution in [3.05, 3.63) is 47.8 Å². The molecular formula is C17H21ClF3N5O2. The number of carbonyl (C=O) groups excluding carboxylic acids is 1. The van der Waals surface area contributed by atoms with Crippen LogP contribution in [0.3, 0.4) is 0 Å². The molecule has 2 aromatic rings. The van der Waals surface area contributed by atoms with Gasteiger partial charge in [0, 0.05) is 0 Å². The Kier molecular flexibility index (Phi) is 7.02. The topological polar surface area (TPSA) is 92.1 Å². The molecule has 0 aliphatic carbocycles. The quantitative estimate of drug-likeness (QED) is 0.687. The Labute approximate surface area is 165 Å². The number of alkyl halides is 3. The fourth-order valence-electron chi connectivity index (χ4n) is 3.01. The first-order chi connectivity index (χ1) is 12.8. The monoisotopic (exact) mass is 419 g/mol. The van der Waals surface area contributed by atoms with E-state index in [1.54, 1.807) is 4.68 Å². The fraction of sp³-hybridized carbons (Fsp3) is 0.471. The van der Waals surface area contributed by atoms with E-state index in [-0.39, 0.29) is 29.7 Å². The summed E-state index contributed by atoms with van der Waals surface area (Å²) in [5, 5.41) is 23.2. The average molecular weight is 420 g/mol. The number of nitrogens with one attached hydrogen (secondary N) is 2. The maximum Gasteiger partial charge on any atom is 0.423 e. The van der Waals surface area contributed by atoms with Crippen molar-refractivity contribution in [2.75, 3.05) is 19.6 Å². The molecule has 28 heavy (non-hydrogen) atoms. The molecule has 1 unspecified atom stereocenters. The normalized spacial score (nSPS) is 17.4. The van der Waals surface area contributed by atoms with Crippen molar-refractivity contribution >= 4 is 18.3 Å². The van der Waals surface area contributed by atoms with Gasteiger partial charge in [0.15, 0.2) is 5.69 Å². The minimum atomic E-state index is -4.96. The summed E-state index contributed by atoms with van der Waals surface area (Å²) in [6, 6.07) is 6.73. The second kappa shape index (κ2) is 8.89. The first-order valence-corrected chi connectivity index (χ1v) is 8.56. The van der Waals surface area contributed by atoms with Crippen molar-refractivity contribution in [3.63, 3.8) is 0 Å². The van der Waals surface area contributed by atoms with Crippen LogP contribution in [0.15, 0.2) is 36.5 Å². The number of piperidine rings is 1. The van der Waals surface area contributed by atoms with Crippen LogP contribution in [-0.4, -0.2) is 51.8 Å². The third-order valence-electron chi connectivity index (χ3n) is 4.65. The maximum absolute atomic E-state index is 13.5. The Hall–Kier alpha value is -2.17. The van der Waals surface area contributed by atoms with E-state index >= 15 is 0 Å². The van der Waals surface area contributed by atoms with Crippen LogP contribution in [0.5, 0.6) is 0 Å². The minimum Gasteiger partial charge on any atom is -0.375 e. The van der Waals surface area contributed by atoms with E-state index in [4.69, 9.17) is 0 Å². The molecule has 3 N–H and O–H groups in total. The first kappa shape index (κ1) is 22.1. The summed E-state index contributed by atoms with van der Waals surface area (Å²) in [5.41, 5.74) is -3.64. The van der Waals surface area contributed by atoms with E-state index in [1.807, 2.05) is 0 Å². The predicted molar refractivity (Wildman–Crippen MR) is 97.1 cm³/mol. The van der Waals surface area contributed by atoms with Crippen molar-refractivity contribution in [2.45, 2.75) is 30.7 Å². The lowest BCUT2D eigenvalue weighted by Gasteiger charge is -2.31. The van der Waals surface area contributed by atoms with Gasteiger partial charge < -0.3 is 15.7 Å². The average Bonchev–Trinajstić information content (AvgIpc) is 3.16. The van der Waals surface area contributed by atoms with Crippen LogP contribution in [0.4, 0.5) is 13.2 Å². The highest BCUT2D eigenvalue weighted by Crippen LogP contribution is 2.38. The summed E-state index contributed by atoms with van der Waals surface area (Å²) in [5.74, 6) is -0.825. The molecule has 1 amide bonds. The van der Waals surface area contributed by atoms with Crippen LogP contribution in [0, 0.1) is 0 Å². The van der Waals surface area contributed by atoms with Gasteiger partial charge in [-0.15, -0.1) is 17.5 Å². The minimum absolute atomic E-state index is 0. The summed E-state index contributed by atoms with van der Waals surface area (Å²) in [6.45, 7) is 0.614. The number of hydrogen-bond acceptors (Lipinski definition) is 5. The highest BCUT2D eigenvalue weighted by atomic mass is 35.5. The zero-order valence-corrected chi connectivity index (χ0v) is 15.6. The summed E-state index contributed by atoms with van der Waals surface area (Å²) in [6.07, 6.45) is -1.90. The molecule has 154 valence electrons. The highest BCUT2D eigenvalue weighted by Gasteiger charge is 2.55. The molecule has 1 aromatic carbocycles. The van der Waals surface area contributed by atoms with Crippen molar-refractivity contribution in [1.29, 1.82) is 0 Å². The number of aliphatic hydroxyl groups is 1. The molecule has 3 rings (SSSR count). The van der Waals surface area contributed by atoms with Crippen LogP contribution in [0.1, 0.15) is 34.9 Å². The molecule has 11 heteroatoms. The Morgan fingerprint density at radius 1 is 1.25 bits per heavy atom. The Bertz CT molecular complexity index is 781. The number of nitrogens with zero attached hydrogens (tertiary/aromatic N) is 3. The number of hydrogen-bond donors (Lipinski definition) is 3.